The molecule has 0 amide bonds. The number of thiazole rings is 1. The van der Waals surface area contributed by atoms with Gasteiger partial charge in [-0.05, 0) is 18.8 Å². The Morgan fingerprint density at radius 1 is 1.73 bits per heavy atom. The van der Waals surface area contributed by atoms with E-state index in [1.165, 1.54) is 17.7 Å². The number of hydrogen-bond acceptors (Lipinski definition) is 3. The molecule has 1 fully saturated rings. The van der Waals surface area contributed by atoms with Crippen molar-refractivity contribution in [2.75, 3.05) is 0 Å². The zero-order chi connectivity index (χ0) is 7.68. The van der Waals surface area contributed by atoms with Crippen LogP contribution < -0.4 is 0 Å². The summed E-state index contributed by atoms with van der Waals surface area (Å²) in [5, 5.41) is 9.54. The fourth-order valence-corrected chi connectivity index (χ4v) is 1.84. The number of nitrogens with zero attached hydrogens (tertiary/aromatic N) is 1. The first-order valence-electron chi connectivity index (χ1n) is 3.91. The Kier molecular flexibility index (Phi) is 1.92. The topological polar surface area (TPSA) is 33.1 Å². The monoisotopic (exact) mass is 169 g/mol. The van der Waals surface area contributed by atoms with Crippen molar-refractivity contribution in [1.82, 2.24) is 4.98 Å². The van der Waals surface area contributed by atoms with Gasteiger partial charge in [-0.1, -0.05) is 0 Å². The second kappa shape index (κ2) is 2.91. The van der Waals surface area contributed by atoms with Gasteiger partial charge in [0, 0.05) is 17.5 Å². The number of aliphatic hydroxyl groups excluding tert-OH is 1. The van der Waals surface area contributed by atoms with Gasteiger partial charge in [0.05, 0.1) is 11.6 Å². The molecule has 60 valence electrons. The maximum Gasteiger partial charge on any atom is 0.0794 e. The fraction of sp³-hybridized carbons (Fsp3) is 0.625. The van der Waals surface area contributed by atoms with Crippen LogP contribution in [-0.2, 0) is 6.42 Å². The van der Waals surface area contributed by atoms with Crippen molar-refractivity contribution in [3.8, 4) is 0 Å². The van der Waals surface area contributed by atoms with Crippen LogP contribution in [0.2, 0.25) is 0 Å². The van der Waals surface area contributed by atoms with E-state index in [-0.39, 0.29) is 6.10 Å². The average Bonchev–Trinajstić information content (AvgIpc) is 2.73. The lowest BCUT2D eigenvalue weighted by atomic mass is 10.1. The van der Waals surface area contributed by atoms with Gasteiger partial charge in [0.2, 0.25) is 0 Å². The SMILES string of the molecule is OC(Cc1cncs1)C1CC1. The molecule has 1 N–H and O–H groups in total. The van der Waals surface area contributed by atoms with Crippen molar-refractivity contribution < 1.29 is 5.11 Å². The Morgan fingerprint density at radius 3 is 3.09 bits per heavy atom. The minimum Gasteiger partial charge on any atom is -0.392 e. The van der Waals surface area contributed by atoms with Gasteiger partial charge in [0.25, 0.3) is 0 Å². The van der Waals surface area contributed by atoms with Gasteiger partial charge >= 0.3 is 0 Å². The molecule has 0 aromatic carbocycles. The standard InChI is InChI=1S/C8H11NOS/c10-8(6-1-2-6)3-7-4-9-5-11-7/h4-6,8,10H,1-3H2. The Labute approximate surface area is 69.9 Å². The normalized spacial score (nSPS) is 20.1. The maximum atomic E-state index is 9.54. The minimum atomic E-state index is -0.115. The van der Waals surface area contributed by atoms with Crippen LogP contribution in [0.4, 0.5) is 0 Å². The first kappa shape index (κ1) is 7.25. The van der Waals surface area contributed by atoms with Gasteiger partial charge in [-0.2, -0.15) is 0 Å². The number of aromatic nitrogens is 1. The molecular formula is C8H11NOS. The zero-order valence-corrected chi connectivity index (χ0v) is 7.05. The van der Waals surface area contributed by atoms with E-state index in [0.717, 1.165) is 6.42 Å². The molecule has 1 unspecified atom stereocenters. The van der Waals surface area contributed by atoms with E-state index in [1.807, 2.05) is 11.7 Å². The largest absolute Gasteiger partial charge is 0.392 e. The van der Waals surface area contributed by atoms with Crippen LogP contribution in [0.25, 0.3) is 0 Å². The molecule has 1 heterocycles. The predicted molar refractivity (Wildman–Crippen MR) is 44.5 cm³/mol. The summed E-state index contributed by atoms with van der Waals surface area (Å²) >= 11 is 1.63. The van der Waals surface area contributed by atoms with Gasteiger partial charge in [0.1, 0.15) is 0 Å². The Hall–Kier alpha value is -0.410. The summed E-state index contributed by atoms with van der Waals surface area (Å²) in [6.07, 6.45) is 4.95. The second-order valence-electron chi connectivity index (χ2n) is 3.08. The maximum absolute atomic E-state index is 9.54. The smallest absolute Gasteiger partial charge is 0.0794 e. The second-order valence-corrected chi connectivity index (χ2v) is 4.05. The summed E-state index contributed by atoms with van der Waals surface area (Å²) < 4.78 is 0. The molecule has 3 heteroatoms. The van der Waals surface area contributed by atoms with Crippen LogP contribution in [0.3, 0.4) is 0 Å². The van der Waals surface area contributed by atoms with Crippen LogP contribution in [0, 0.1) is 5.92 Å². The van der Waals surface area contributed by atoms with E-state index in [0.29, 0.717) is 5.92 Å². The van der Waals surface area contributed by atoms with Crippen molar-refractivity contribution in [3.05, 3.63) is 16.6 Å². The van der Waals surface area contributed by atoms with Gasteiger partial charge < -0.3 is 5.11 Å². The van der Waals surface area contributed by atoms with E-state index < -0.39 is 0 Å². The first-order chi connectivity index (χ1) is 5.36. The molecule has 0 bridgehead atoms. The van der Waals surface area contributed by atoms with Crippen molar-refractivity contribution in [2.24, 2.45) is 5.92 Å². The van der Waals surface area contributed by atoms with E-state index in [1.54, 1.807) is 11.3 Å². The average molecular weight is 169 g/mol. The molecule has 2 rings (SSSR count). The third kappa shape index (κ3) is 1.79. The van der Waals surface area contributed by atoms with Crippen LogP contribution in [0.1, 0.15) is 17.7 Å². The first-order valence-corrected chi connectivity index (χ1v) is 4.79. The number of hydrogen-bond donors (Lipinski definition) is 1. The molecule has 0 saturated heterocycles. The van der Waals surface area contributed by atoms with Gasteiger partial charge in [-0.3, -0.25) is 4.98 Å². The summed E-state index contributed by atoms with van der Waals surface area (Å²) in [6.45, 7) is 0. The van der Waals surface area contributed by atoms with Crippen molar-refractivity contribution in [3.63, 3.8) is 0 Å². The van der Waals surface area contributed by atoms with E-state index in [4.69, 9.17) is 0 Å². The molecule has 1 aromatic heterocycles. The van der Waals surface area contributed by atoms with E-state index in [2.05, 4.69) is 4.98 Å². The molecule has 0 spiro atoms. The lowest BCUT2D eigenvalue weighted by molar-refractivity contribution is 0.152. The summed E-state index contributed by atoms with van der Waals surface area (Å²) in [4.78, 5) is 5.16. The van der Waals surface area contributed by atoms with Crippen LogP contribution >= 0.6 is 11.3 Å². The summed E-state index contributed by atoms with van der Waals surface area (Å²) in [5.74, 6) is 0.581. The lowest BCUT2D eigenvalue weighted by Gasteiger charge is -2.05. The molecule has 1 aliphatic carbocycles. The lowest BCUT2D eigenvalue weighted by Crippen LogP contribution is -2.11. The predicted octanol–water partition coefficient (Wildman–Crippen LogP) is 1.46. The zero-order valence-electron chi connectivity index (χ0n) is 6.23. The van der Waals surface area contributed by atoms with E-state index in [9.17, 15) is 5.11 Å². The highest BCUT2D eigenvalue weighted by molar-refractivity contribution is 7.09. The molecule has 1 saturated carbocycles. The van der Waals surface area contributed by atoms with Crippen LogP contribution in [0.15, 0.2) is 11.7 Å². The molecule has 1 aromatic rings. The van der Waals surface area contributed by atoms with Gasteiger partial charge in [-0.25, -0.2) is 0 Å². The van der Waals surface area contributed by atoms with Gasteiger partial charge in [0.15, 0.2) is 0 Å². The number of aliphatic hydroxyl groups is 1. The molecule has 0 radical (unpaired) electrons. The summed E-state index contributed by atoms with van der Waals surface area (Å²) in [6, 6.07) is 0. The molecule has 0 aliphatic heterocycles. The summed E-state index contributed by atoms with van der Waals surface area (Å²) in [7, 11) is 0. The highest BCUT2D eigenvalue weighted by Crippen LogP contribution is 2.34. The Morgan fingerprint density at radius 2 is 2.55 bits per heavy atom. The van der Waals surface area contributed by atoms with E-state index >= 15 is 0 Å². The van der Waals surface area contributed by atoms with Crippen LogP contribution in [0.5, 0.6) is 0 Å². The molecule has 1 atom stereocenters. The van der Waals surface area contributed by atoms with Crippen molar-refractivity contribution in [1.29, 1.82) is 0 Å². The Bertz CT molecular complexity index is 218. The molecule has 2 nitrogen and oxygen atoms in total. The van der Waals surface area contributed by atoms with Crippen molar-refractivity contribution in [2.45, 2.75) is 25.4 Å². The highest BCUT2D eigenvalue weighted by atomic mass is 32.1. The Balaban J connectivity index is 1.89. The fourth-order valence-electron chi connectivity index (χ4n) is 1.20. The molecule has 1 aliphatic rings. The quantitative estimate of drug-likeness (QED) is 0.743. The summed E-state index contributed by atoms with van der Waals surface area (Å²) in [5.41, 5.74) is 1.81. The number of rotatable bonds is 3. The highest BCUT2D eigenvalue weighted by Gasteiger charge is 2.29. The minimum absolute atomic E-state index is 0.115. The van der Waals surface area contributed by atoms with Gasteiger partial charge in [-0.15, -0.1) is 11.3 Å². The third-order valence-electron chi connectivity index (χ3n) is 2.06. The molecular weight excluding hydrogens is 158 g/mol. The third-order valence-corrected chi connectivity index (χ3v) is 2.86. The van der Waals surface area contributed by atoms with Crippen molar-refractivity contribution >= 4 is 11.3 Å². The molecule has 11 heavy (non-hydrogen) atoms. The van der Waals surface area contributed by atoms with Crippen LogP contribution in [-0.4, -0.2) is 16.2 Å².